The predicted octanol–water partition coefficient (Wildman–Crippen LogP) is 3.35. The summed E-state index contributed by atoms with van der Waals surface area (Å²) in [5, 5.41) is 0. The second-order valence-corrected chi connectivity index (χ2v) is 4.93. The first-order valence-electron chi connectivity index (χ1n) is 6.13. The average Bonchev–Trinajstić information content (AvgIpc) is 2.39. The van der Waals surface area contributed by atoms with Crippen LogP contribution in [-0.2, 0) is 6.42 Å². The summed E-state index contributed by atoms with van der Waals surface area (Å²) in [6.07, 6.45) is 0.954. The first-order valence-corrected chi connectivity index (χ1v) is 6.66. The van der Waals surface area contributed by atoms with Crippen molar-refractivity contribution in [1.82, 2.24) is 4.90 Å². The summed E-state index contributed by atoms with van der Waals surface area (Å²) in [4.78, 5) is 2.26. The van der Waals surface area contributed by atoms with Crippen molar-refractivity contribution < 1.29 is 4.74 Å². The van der Waals surface area contributed by atoms with Crippen LogP contribution in [0.25, 0.3) is 0 Å². The molecule has 0 heterocycles. The number of para-hydroxylation sites is 1. The van der Waals surface area contributed by atoms with Gasteiger partial charge < -0.3 is 4.74 Å². The van der Waals surface area contributed by atoms with Crippen molar-refractivity contribution in [2.75, 3.05) is 26.6 Å². The summed E-state index contributed by atoms with van der Waals surface area (Å²) in [5.74, 6) is 1.47. The van der Waals surface area contributed by atoms with Gasteiger partial charge in [-0.05, 0) is 37.6 Å². The van der Waals surface area contributed by atoms with Crippen molar-refractivity contribution >= 4 is 11.6 Å². The molecular formula is C15H22ClNO. The Kier molecular flexibility index (Phi) is 6.23. The van der Waals surface area contributed by atoms with Gasteiger partial charge >= 0.3 is 0 Å². The van der Waals surface area contributed by atoms with E-state index in [1.54, 1.807) is 7.11 Å². The van der Waals surface area contributed by atoms with E-state index in [0.29, 0.717) is 11.9 Å². The van der Waals surface area contributed by atoms with Crippen LogP contribution in [0.5, 0.6) is 5.75 Å². The van der Waals surface area contributed by atoms with Crippen LogP contribution < -0.4 is 4.74 Å². The predicted molar refractivity (Wildman–Crippen MR) is 78.7 cm³/mol. The summed E-state index contributed by atoms with van der Waals surface area (Å²) in [6.45, 7) is 6.97. The van der Waals surface area contributed by atoms with Gasteiger partial charge in [0.15, 0.2) is 0 Å². The standard InChI is InChI=1S/C15H22ClNO/c1-12(10-16)11-17(3)13(2)9-14-7-5-6-8-15(14)18-4/h5-8,13H,1,9-11H2,2-4H3. The van der Waals surface area contributed by atoms with E-state index in [0.717, 1.165) is 24.3 Å². The second kappa shape index (κ2) is 7.45. The molecule has 0 radical (unpaired) electrons. The third kappa shape index (κ3) is 4.35. The van der Waals surface area contributed by atoms with Gasteiger partial charge in [0.1, 0.15) is 5.75 Å². The zero-order valence-corrected chi connectivity index (χ0v) is 12.2. The fourth-order valence-electron chi connectivity index (χ4n) is 1.90. The third-order valence-electron chi connectivity index (χ3n) is 3.12. The SMILES string of the molecule is C=C(CCl)CN(C)C(C)Cc1ccccc1OC. The van der Waals surface area contributed by atoms with Crippen molar-refractivity contribution in [3.8, 4) is 5.75 Å². The normalized spacial score (nSPS) is 12.5. The second-order valence-electron chi connectivity index (χ2n) is 4.66. The minimum atomic E-state index is 0.418. The summed E-state index contributed by atoms with van der Waals surface area (Å²) >= 11 is 5.76. The topological polar surface area (TPSA) is 12.5 Å². The van der Waals surface area contributed by atoms with Crippen LogP contribution in [0.2, 0.25) is 0 Å². The Bertz CT molecular complexity index is 392. The number of methoxy groups -OCH3 is 1. The summed E-state index contributed by atoms with van der Waals surface area (Å²) in [5.41, 5.74) is 2.28. The number of ether oxygens (including phenoxy) is 1. The highest BCUT2D eigenvalue weighted by Gasteiger charge is 2.13. The molecule has 1 unspecified atom stereocenters. The maximum atomic E-state index is 5.76. The molecule has 2 nitrogen and oxygen atoms in total. The van der Waals surface area contributed by atoms with Crippen LogP contribution in [0.3, 0.4) is 0 Å². The van der Waals surface area contributed by atoms with Gasteiger partial charge in [0.05, 0.1) is 7.11 Å². The number of hydrogen-bond donors (Lipinski definition) is 0. The van der Waals surface area contributed by atoms with Gasteiger partial charge in [-0.2, -0.15) is 0 Å². The van der Waals surface area contributed by atoms with Crippen LogP contribution in [0.15, 0.2) is 36.4 Å². The molecule has 0 aromatic heterocycles. The first kappa shape index (κ1) is 15.1. The number of hydrogen-bond acceptors (Lipinski definition) is 2. The molecule has 0 spiro atoms. The maximum Gasteiger partial charge on any atom is 0.122 e. The minimum Gasteiger partial charge on any atom is -0.496 e. The molecule has 0 N–H and O–H groups in total. The third-order valence-corrected chi connectivity index (χ3v) is 3.50. The van der Waals surface area contributed by atoms with Crippen molar-refractivity contribution in [1.29, 1.82) is 0 Å². The molecule has 0 fully saturated rings. The number of rotatable bonds is 7. The van der Waals surface area contributed by atoms with E-state index in [9.17, 15) is 0 Å². The van der Waals surface area contributed by atoms with E-state index in [-0.39, 0.29) is 0 Å². The lowest BCUT2D eigenvalue weighted by Crippen LogP contribution is -2.32. The molecule has 0 saturated carbocycles. The van der Waals surface area contributed by atoms with E-state index in [4.69, 9.17) is 16.3 Å². The summed E-state index contributed by atoms with van der Waals surface area (Å²) in [7, 11) is 3.81. The molecule has 1 aromatic carbocycles. The fourth-order valence-corrected chi connectivity index (χ4v) is 1.98. The lowest BCUT2D eigenvalue weighted by Gasteiger charge is -2.25. The van der Waals surface area contributed by atoms with Crippen LogP contribution in [0, 0.1) is 0 Å². The monoisotopic (exact) mass is 267 g/mol. The Labute approximate surface area is 115 Å². The molecule has 1 aromatic rings. The van der Waals surface area contributed by atoms with Crippen LogP contribution in [0.1, 0.15) is 12.5 Å². The molecular weight excluding hydrogens is 246 g/mol. The van der Waals surface area contributed by atoms with Gasteiger partial charge in [-0.15, -0.1) is 11.6 Å². The molecule has 100 valence electrons. The zero-order valence-electron chi connectivity index (χ0n) is 11.4. The molecule has 1 atom stereocenters. The zero-order chi connectivity index (χ0) is 13.5. The van der Waals surface area contributed by atoms with Crippen molar-refractivity contribution in [3.63, 3.8) is 0 Å². The first-order chi connectivity index (χ1) is 8.58. The number of alkyl halides is 1. The lowest BCUT2D eigenvalue weighted by atomic mass is 10.0. The van der Waals surface area contributed by atoms with Gasteiger partial charge in [0, 0.05) is 18.5 Å². The Balaban J connectivity index is 2.63. The summed E-state index contributed by atoms with van der Waals surface area (Å²) < 4.78 is 5.37. The van der Waals surface area contributed by atoms with Crippen LogP contribution >= 0.6 is 11.6 Å². The molecule has 0 aliphatic heterocycles. The number of nitrogens with zero attached hydrogens (tertiary/aromatic N) is 1. The quantitative estimate of drug-likeness (QED) is 0.555. The Morgan fingerprint density at radius 3 is 2.72 bits per heavy atom. The van der Waals surface area contributed by atoms with E-state index in [1.807, 2.05) is 18.2 Å². The Hall–Kier alpha value is -0.990. The molecule has 18 heavy (non-hydrogen) atoms. The van der Waals surface area contributed by atoms with Gasteiger partial charge in [-0.25, -0.2) is 0 Å². The van der Waals surface area contributed by atoms with Gasteiger partial charge in [-0.1, -0.05) is 24.8 Å². The van der Waals surface area contributed by atoms with Crippen molar-refractivity contribution in [2.45, 2.75) is 19.4 Å². The molecule has 1 rings (SSSR count). The number of halogens is 1. The summed E-state index contributed by atoms with van der Waals surface area (Å²) in [6, 6.07) is 8.56. The average molecular weight is 268 g/mol. The Morgan fingerprint density at radius 1 is 1.44 bits per heavy atom. The maximum absolute atomic E-state index is 5.76. The van der Waals surface area contributed by atoms with Crippen molar-refractivity contribution in [3.05, 3.63) is 42.0 Å². The molecule has 0 aliphatic carbocycles. The molecule has 0 aliphatic rings. The Morgan fingerprint density at radius 2 is 2.11 bits per heavy atom. The van der Waals surface area contributed by atoms with E-state index >= 15 is 0 Å². The molecule has 0 amide bonds. The van der Waals surface area contributed by atoms with E-state index in [2.05, 4.69) is 31.5 Å². The fraction of sp³-hybridized carbons (Fsp3) is 0.467. The lowest BCUT2D eigenvalue weighted by molar-refractivity contribution is 0.275. The highest BCUT2D eigenvalue weighted by atomic mass is 35.5. The molecule has 0 saturated heterocycles. The highest BCUT2D eigenvalue weighted by molar-refractivity contribution is 6.19. The van der Waals surface area contributed by atoms with Crippen LogP contribution in [0.4, 0.5) is 0 Å². The molecule has 0 bridgehead atoms. The number of likely N-dealkylation sites (N-methyl/N-ethyl adjacent to an activating group) is 1. The van der Waals surface area contributed by atoms with Gasteiger partial charge in [0.25, 0.3) is 0 Å². The van der Waals surface area contributed by atoms with Crippen LogP contribution in [-0.4, -0.2) is 37.5 Å². The smallest absolute Gasteiger partial charge is 0.122 e. The van der Waals surface area contributed by atoms with Crippen molar-refractivity contribution in [2.24, 2.45) is 0 Å². The number of benzene rings is 1. The van der Waals surface area contributed by atoms with Gasteiger partial charge in [-0.3, -0.25) is 4.90 Å². The largest absolute Gasteiger partial charge is 0.496 e. The van der Waals surface area contributed by atoms with E-state index < -0.39 is 0 Å². The van der Waals surface area contributed by atoms with Gasteiger partial charge in [0.2, 0.25) is 0 Å². The molecule has 3 heteroatoms. The van der Waals surface area contributed by atoms with E-state index in [1.165, 1.54) is 5.56 Å². The highest BCUT2D eigenvalue weighted by Crippen LogP contribution is 2.20. The minimum absolute atomic E-state index is 0.418.